The topological polar surface area (TPSA) is 82.6 Å². The Hall–Kier alpha value is -4.00. The predicted octanol–water partition coefficient (Wildman–Crippen LogP) is 3.76. The fourth-order valence-electron chi connectivity index (χ4n) is 3.59. The van der Waals surface area contributed by atoms with Gasteiger partial charge in [-0.15, -0.1) is 0 Å². The lowest BCUT2D eigenvalue weighted by atomic mass is 10.1. The number of imide groups is 1. The highest BCUT2D eigenvalue weighted by Crippen LogP contribution is 2.29. The van der Waals surface area contributed by atoms with E-state index in [1.165, 1.54) is 4.90 Å². The number of aryl methyl sites for hydroxylation is 1. The van der Waals surface area contributed by atoms with Crippen LogP contribution in [0.25, 0.3) is 0 Å². The van der Waals surface area contributed by atoms with Crippen molar-refractivity contribution in [3.05, 3.63) is 90.3 Å². The fourth-order valence-corrected chi connectivity index (χ4v) is 3.59. The number of amides is 4. The zero-order chi connectivity index (χ0) is 21.8. The maximum Gasteiger partial charge on any atom is 0.332 e. The Balaban J connectivity index is 1.61. The van der Waals surface area contributed by atoms with E-state index >= 15 is 0 Å². The van der Waals surface area contributed by atoms with Crippen LogP contribution in [0.4, 0.5) is 16.2 Å². The molecule has 0 unspecified atom stereocenters. The summed E-state index contributed by atoms with van der Waals surface area (Å²) in [5.74, 6) is -0.760. The average molecular weight is 414 g/mol. The molecule has 1 fully saturated rings. The van der Waals surface area contributed by atoms with E-state index in [0.29, 0.717) is 17.1 Å². The Morgan fingerprint density at radius 2 is 1.77 bits per heavy atom. The first kappa shape index (κ1) is 20.3. The Bertz CT molecular complexity index is 1100. The molecule has 156 valence electrons. The molecule has 7 nitrogen and oxygen atoms in total. The molecule has 4 rings (SSSR count). The summed E-state index contributed by atoms with van der Waals surface area (Å²) in [7, 11) is 0. The zero-order valence-electron chi connectivity index (χ0n) is 17.1. The van der Waals surface area contributed by atoms with Gasteiger partial charge in [-0.25, -0.2) is 9.69 Å². The third-order valence-electron chi connectivity index (χ3n) is 5.07. The van der Waals surface area contributed by atoms with Crippen molar-refractivity contribution in [1.82, 2.24) is 9.88 Å². The summed E-state index contributed by atoms with van der Waals surface area (Å²) in [5.41, 5.74) is 2.70. The van der Waals surface area contributed by atoms with Crippen molar-refractivity contribution in [2.45, 2.75) is 25.9 Å². The van der Waals surface area contributed by atoms with Crippen LogP contribution in [-0.4, -0.2) is 33.8 Å². The van der Waals surface area contributed by atoms with Gasteiger partial charge in [0, 0.05) is 11.9 Å². The molecule has 1 aromatic heterocycles. The van der Waals surface area contributed by atoms with E-state index in [4.69, 9.17) is 0 Å². The van der Waals surface area contributed by atoms with Crippen LogP contribution >= 0.6 is 0 Å². The molecular formula is C24H22N4O3. The molecule has 4 amide bonds. The number of urea groups is 1. The van der Waals surface area contributed by atoms with E-state index in [9.17, 15) is 14.4 Å². The molecule has 0 spiro atoms. The lowest BCUT2D eigenvalue weighted by Crippen LogP contribution is -2.37. The first-order valence-corrected chi connectivity index (χ1v) is 9.99. The third-order valence-corrected chi connectivity index (χ3v) is 5.07. The molecule has 3 aromatic rings. The number of para-hydroxylation sites is 1. The minimum absolute atomic E-state index is 0.136. The second kappa shape index (κ2) is 8.79. The average Bonchev–Trinajstić information content (AvgIpc) is 2.99. The summed E-state index contributed by atoms with van der Waals surface area (Å²) in [5, 5.41) is 2.79. The quantitative estimate of drug-likeness (QED) is 0.623. The monoisotopic (exact) mass is 414 g/mol. The lowest BCUT2D eigenvalue weighted by molar-refractivity contribution is -0.124. The summed E-state index contributed by atoms with van der Waals surface area (Å²) < 4.78 is 0. The molecule has 1 aliphatic rings. The van der Waals surface area contributed by atoms with Gasteiger partial charge in [0.2, 0.25) is 5.91 Å². The van der Waals surface area contributed by atoms with Crippen molar-refractivity contribution in [2.75, 3.05) is 10.2 Å². The second-order valence-electron chi connectivity index (χ2n) is 7.38. The third kappa shape index (κ3) is 4.45. The Morgan fingerprint density at radius 3 is 2.48 bits per heavy atom. The van der Waals surface area contributed by atoms with Gasteiger partial charge in [0.15, 0.2) is 0 Å². The molecule has 1 saturated heterocycles. The maximum absolute atomic E-state index is 13.3. The van der Waals surface area contributed by atoms with Crippen molar-refractivity contribution >= 4 is 29.2 Å². The minimum atomic E-state index is -0.918. The van der Waals surface area contributed by atoms with Gasteiger partial charge >= 0.3 is 6.03 Å². The van der Waals surface area contributed by atoms with Crippen LogP contribution in [-0.2, 0) is 16.1 Å². The normalized spacial score (nSPS) is 16.0. The van der Waals surface area contributed by atoms with Crippen molar-refractivity contribution in [3.8, 4) is 0 Å². The molecule has 1 aliphatic heterocycles. The van der Waals surface area contributed by atoms with Crippen LogP contribution < -0.4 is 10.2 Å². The van der Waals surface area contributed by atoms with E-state index in [2.05, 4.69) is 10.3 Å². The number of anilines is 2. The summed E-state index contributed by atoms with van der Waals surface area (Å²) in [4.78, 5) is 46.0. The Kier molecular flexibility index (Phi) is 5.75. The lowest BCUT2D eigenvalue weighted by Gasteiger charge is -2.21. The van der Waals surface area contributed by atoms with E-state index in [1.807, 2.05) is 37.3 Å². The van der Waals surface area contributed by atoms with E-state index < -0.39 is 18.0 Å². The molecule has 0 aliphatic carbocycles. The fraction of sp³-hybridized carbons (Fsp3) is 0.167. The Morgan fingerprint density at radius 1 is 1.00 bits per heavy atom. The van der Waals surface area contributed by atoms with Gasteiger partial charge in [-0.05, 0) is 48.9 Å². The van der Waals surface area contributed by atoms with E-state index in [1.54, 1.807) is 48.7 Å². The SMILES string of the molecule is Cc1cccc(N2C(=O)[C@@H](CC(=O)Nc3ccccc3)N(Cc3ccccn3)C2=O)c1. The molecular weight excluding hydrogens is 392 g/mol. The van der Waals surface area contributed by atoms with Crippen molar-refractivity contribution in [1.29, 1.82) is 0 Å². The molecule has 1 N–H and O–H groups in total. The number of nitrogens with one attached hydrogen (secondary N) is 1. The van der Waals surface area contributed by atoms with Crippen LogP contribution in [0.2, 0.25) is 0 Å². The number of carbonyl (C=O) groups is 3. The maximum atomic E-state index is 13.3. The largest absolute Gasteiger partial charge is 0.332 e. The van der Waals surface area contributed by atoms with Crippen LogP contribution in [0.1, 0.15) is 17.7 Å². The molecule has 7 heteroatoms. The molecule has 31 heavy (non-hydrogen) atoms. The first-order chi connectivity index (χ1) is 15.0. The highest BCUT2D eigenvalue weighted by molar-refractivity contribution is 6.22. The number of carbonyl (C=O) groups excluding carboxylic acids is 3. The van der Waals surface area contributed by atoms with Crippen molar-refractivity contribution < 1.29 is 14.4 Å². The van der Waals surface area contributed by atoms with Gasteiger partial charge in [0.05, 0.1) is 24.3 Å². The van der Waals surface area contributed by atoms with Crippen LogP contribution in [0, 0.1) is 6.92 Å². The Labute approximate surface area is 180 Å². The van der Waals surface area contributed by atoms with Gasteiger partial charge in [-0.2, -0.15) is 0 Å². The summed E-state index contributed by atoms with van der Waals surface area (Å²) in [6.07, 6.45) is 1.49. The van der Waals surface area contributed by atoms with Crippen LogP contribution in [0.5, 0.6) is 0 Å². The molecule has 0 bridgehead atoms. The second-order valence-corrected chi connectivity index (χ2v) is 7.38. The molecule has 0 saturated carbocycles. The molecule has 2 aromatic carbocycles. The smallest absolute Gasteiger partial charge is 0.326 e. The highest BCUT2D eigenvalue weighted by Gasteiger charge is 2.46. The van der Waals surface area contributed by atoms with E-state index in [-0.39, 0.29) is 18.9 Å². The number of aromatic nitrogens is 1. The van der Waals surface area contributed by atoms with Gasteiger partial charge in [0.25, 0.3) is 5.91 Å². The number of benzene rings is 2. The van der Waals surface area contributed by atoms with Gasteiger partial charge < -0.3 is 10.2 Å². The standard InChI is InChI=1S/C24H22N4O3/c1-17-8-7-12-20(14-17)28-23(30)21(15-22(29)26-18-9-3-2-4-10-18)27(24(28)31)16-19-11-5-6-13-25-19/h2-14,21H,15-16H2,1H3,(H,26,29)/t21-/m1/s1. The van der Waals surface area contributed by atoms with Crippen molar-refractivity contribution in [2.24, 2.45) is 0 Å². The highest BCUT2D eigenvalue weighted by atomic mass is 16.2. The number of nitrogens with zero attached hydrogens (tertiary/aromatic N) is 3. The van der Waals surface area contributed by atoms with Crippen LogP contribution in [0.3, 0.4) is 0 Å². The number of rotatable bonds is 6. The van der Waals surface area contributed by atoms with Gasteiger partial charge in [-0.3, -0.25) is 14.6 Å². The minimum Gasteiger partial charge on any atom is -0.326 e. The zero-order valence-corrected chi connectivity index (χ0v) is 17.1. The molecule has 0 radical (unpaired) electrons. The van der Waals surface area contributed by atoms with Gasteiger partial charge in [0.1, 0.15) is 6.04 Å². The summed E-state index contributed by atoms with van der Waals surface area (Å²) in [6.45, 7) is 2.03. The van der Waals surface area contributed by atoms with E-state index in [0.717, 1.165) is 10.5 Å². The predicted molar refractivity (Wildman–Crippen MR) is 117 cm³/mol. The molecule has 2 heterocycles. The van der Waals surface area contributed by atoms with Gasteiger partial charge in [-0.1, -0.05) is 36.4 Å². The van der Waals surface area contributed by atoms with Crippen LogP contribution in [0.15, 0.2) is 79.0 Å². The molecule has 1 atom stereocenters. The van der Waals surface area contributed by atoms with Crippen molar-refractivity contribution in [3.63, 3.8) is 0 Å². The summed E-state index contributed by atoms with van der Waals surface area (Å²) in [6, 6.07) is 20.2. The number of hydrogen-bond acceptors (Lipinski definition) is 4. The number of pyridine rings is 1. The summed E-state index contributed by atoms with van der Waals surface area (Å²) >= 11 is 0. The first-order valence-electron chi connectivity index (χ1n) is 9.99. The number of hydrogen-bond donors (Lipinski definition) is 1.